The Morgan fingerprint density at radius 3 is 2.05 bits per heavy atom. The highest BCUT2D eigenvalue weighted by atomic mass is 14.9. The summed E-state index contributed by atoms with van der Waals surface area (Å²) in [7, 11) is 0. The first-order valence-corrected chi connectivity index (χ1v) is 6.86. The van der Waals surface area contributed by atoms with Crippen LogP contribution in [0.15, 0.2) is 48.6 Å². The molecule has 1 aromatic heterocycles. The van der Waals surface area contributed by atoms with Crippen molar-refractivity contribution in [1.29, 1.82) is 0 Å². The Balaban J connectivity index is 2.37. The second-order valence-electron chi connectivity index (χ2n) is 4.80. The lowest BCUT2D eigenvalue weighted by Gasteiger charge is -2.06. The van der Waals surface area contributed by atoms with Crippen molar-refractivity contribution >= 4 is 5.57 Å². The molecule has 0 aliphatic heterocycles. The minimum Gasteiger partial charge on any atom is -0.233 e. The van der Waals surface area contributed by atoms with Crippen LogP contribution >= 0.6 is 0 Å². The van der Waals surface area contributed by atoms with Gasteiger partial charge in [0, 0.05) is 17.0 Å². The lowest BCUT2D eigenvalue weighted by atomic mass is 10.0. The van der Waals surface area contributed by atoms with Gasteiger partial charge in [-0.05, 0) is 44.9 Å². The van der Waals surface area contributed by atoms with E-state index in [1.807, 2.05) is 26.8 Å². The van der Waals surface area contributed by atoms with E-state index in [4.69, 9.17) is 0 Å². The summed E-state index contributed by atoms with van der Waals surface area (Å²) >= 11 is 0. The van der Waals surface area contributed by atoms with E-state index < -0.39 is 0 Å². The molecule has 0 aliphatic carbocycles. The fourth-order valence-electron chi connectivity index (χ4n) is 2.21. The van der Waals surface area contributed by atoms with Gasteiger partial charge < -0.3 is 0 Å². The topological polar surface area (TPSA) is 25.8 Å². The highest BCUT2D eigenvalue weighted by Gasteiger charge is 2.04. The summed E-state index contributed by atoms with van der Waals surface area (Å²) in [5.41, 5.74) is 5.48. The van der Waals surface area contributed by atoms with E-state index in [-0.39, 0.29) is 0 Å². The molecule has 0 atom stereocenters. The molecule has 20 heavy (non-hydrogen) atoms. The van der Waals surface area contributed by atoms with Gasteiger partial charge in [-0.25, -0.2) is 9.97 Å². The van der Waals surface area contributed by atoms with Crippen molar-refractivity contribution in [2.24, 2.45) is 0 Å². The van der Waals surface area contributed by atoms with Crippen molar-refractivity contribution in [3.05, 3.63) is 65.5 Å². The van der Waals surface area contributed by atoms with Gasteiger partial charge >= 0.3 is 0 Å². The lowest BCUT2D eigenvalue weighted by Crippen LogP contribution is -1.94. The molecule has 0 N–H and O–H groups in total. The third-order valence-corrected chi connectivity index (χ3v) is 3.12. The molecule has 0 bridgehead atoms. The molecular formula is C18H20N2. The first-order chi connectivity index (χ1) is 9.63. The number of allylic oxidation sites excluding steroid dienone is 4. The first-order valence-electron chi connectivity index (χ1n) is 6.86. The number of nitrogens with zero attached hydrogens (tertiary/aromatic N) is 2. The average molecular weight is 264 g/mol. The first kappa shape index (κ1) is 14.2. The van der Waals surface area contributed by atoms with Crippen molar-refractivity contribution < 1.29 is 0 Å². The van der Waals surface area contributed by atoms with E-state index in [1.54, 1.807) is 0 Å². The van der Waals surface area contributed by atoms with E-state index >= 15 is 0 Å². The molecule has 0 unspecified atom stereocenters. The molecule has 2 aromatic rings. The van der Waals surface area contributed by atoms with Crippen LogP contribution in [0.3, 0.4) is 0 Å². The fourth-order valence-corrected chi connectivity index (χ4v) is 2.21. The van der Waals surface area contributed by atoms with Gasteiger partial charge in [-0.3, -0.25) is 0 Å². The molecule has 0 saturated carbocycles. The van der Waals surface area contributed by atoms with Crippen molar-refractivity contribution in [3.63, 3.8) is 0 Å². The maximum atomic E-state index is 4.50. The number of hydrogen-bond acceptors (Lipinski definition) is 2. The number of aromatic nitrogens is 2. The minimum atomic E-state index is 0.794. The lowest BCUT2D eigenvalue weighted by molar-refractivity contribution is 1.06. The Labute approximate surface area is 120 Å². The Bertz CT molecular complexity index is 629. The number of rotatable bonds is 3. The molecule has 0 spiro atoms. The van der Waals surface area contributed by atoms with Gasteiger partial charge in [-0.15, -0.1) is 0 Å². The number of benzene rings is 1. The quantitative estimate of drug-likeness (QED) is 0.748. The molecule has 2 heteroatoms. The molecular weight excluding hydrogens is 244 g/mol. The zero-order chi connectivity index (χ0) is 14.5. The van der Waals surface area contributed by atoms with Gasteiger partial charge in [0.1, 0.15) is 0 Å². The molecule has 0 aliphatic rings. The Kier molecular flexibility index (Phi) is 4.46. The maximum absolute atomic E-state index is 4.50. The predicted octanol–water partition coefficient (Wildman–Crippen LogP) is 4.74. The number of hydrogen-bond donors (Lipinski definition) is 0. The van der Waals surface area contributed by atoms with Crippen LogP contribution in [0.4, 0.5) is 0 Å². The summed E-state index contributed by atoms with van der Waals surface area (Å²) in [5.74, 6) is 0.794. The highest BCUT2D eigenvalue weighted by Crippen LogP contribution is 2.21. The van der Waals surface area contributed by atoms with Crippen LogP contribution in [0.2, 0.25) is 0 Å². The molecule has 1 aromatic carbocycles. The van der Waals surface area contributed by atoms with Crippen LogP contribution in [-0.4, -0.2) is 9.97 Å². The predicted molar refractivity (Wildman–Crippen MR) is 85.4 cm³/mol. The molecule has 2 nitrogen and oxygen atoms in total. The van der Waals surface area contributed by atoms with Crippen molar-refractivity contribution in [2.45, 2.75) is 27.7 Å². The summed E-state index contributed by atoms with van der Waals surface area (Å²) in [6, 6.07) is 10.4. The normalized spacial score (nSPS) is 12.1. The Hall–Kier alpha value is -2.22. The van der Waals surface area contributed by atoms with E-state index in [9.17, 15) is 0 Å². The van der Waals surface area contributed by atoms with Crippen LogP contribution in [-0.2, 0) is 0 Å². The minimum absolute atomic E-state index is 0.794. The van der Waals surface area contributed by atoms with Crippen molar-refractivity contribution in [2.75, 3.05) is 0 Å². The monoisotopic (exact) mass is 264 g/mol. The third-order valence-electron chi connectivity index (χ3n) is 3.12. The molecule has 1 heterocycles. The average Bonchev–Trinajstić information content (AvgIpc) is 2.44. The molecule has 0 fully saturated rings. The van der Waals surface area contributed by atoms with E-state index in [0.717, 1.165) is 22.8 Å². The van der Waals surface area contributed by atoms with Crippen molar-refractivity contribution in [1.82, 2.24) is 9.97 Å². The third kappa shape index (κ3) is 3.21. The van der Waals surface area contributed by atoms with Crippen LogP contribution in [0, 0.1) is 13.8 Å². The van der Waals surface area contributed by atoms with Crippen LogP contribution in [0.25, 0.3) is 17.0 Å². The second kappa shape index (κ2) is 6.29. The standard InChI is InChI=1S/C18H20N2/c1-5-7-15(6-2)16-8-10-17(11-9-16)18-19-13(3)12-14(4)20-18/h5-12H,1-4H3/b7-5-,15-6+. The van der Waals surface area contributed by atoms with Gasteiger partial charge in [0.05, 0.1) is 0 Å². The van der Waals surface area contributed by atoms with E-state index in [0.29, 0.717) is 0 Å². The molecule has 2 rings (SSSR count). The summed E-state index contributed by atoms with van der Waals surface area (Å²) in [6.45, 7) is 8.07. The fraction of sp³-hybridized carbons (Fsp3) is 0.222. The van der Waals surface area contributed by atoms with Gasteiger partial charge in [0.15, 0.2) is 5.82 Å². The SMILES string of the molecule is C/C=C\C(=C/C)c1ccc(-c2nc(C)cc(C)n2)cc1. The maximum Gasteiger partial charge on any atom is 0.159 e. The number of aryl methyl sites for hydroxylation is 2. The zero-order valence-corrected chi connectivity index (χ0v) is 12.5. The van der Waals surface area contributed by atoms with Crippen molar-refractivity contribution in [3.8, 4) is 11.4 Å². The Morgan fingerprint density at radius 1 is 0.950 bits per heavy atom. The van der Waals surface area contributed by atoms with Crippen LogP contribution < -0.4 is 0 Å². The van der Waals surface area contributed by atoms with Gasteiger partial charge in [0.25, 0.3) is 0 Å². The van der Waals surface area contributed by atoms with Crippen LogP contribution in [0.5, 0.6) is 0 Å². The zero-order valence-electron chi connectivity index (χ0n) is 12.5. The Morgan fingerprint density at radius 2 is 1.55 bits per heavy atom. The summed E-state index contributed by atoms with van der Waals surface area (Å²) in [4.78, 5) is 8.99. The molecule has 0 saturated heterocycles. The van der Waals surface area contributed by atoms with Gasteiger partial charge in [-0.2, -0.15) is 0 Å². The van der Waals surface area contributed by atoms with Gasteiger partial charge in [0.2, 0.25) is 0 Å². The highest BCUT2D eigenvalue weighted by molar-refractivity contribution is 5.75. The largest absolute Gasteiger partial charge is 0.233 e. The molecule has 0 radical (unpaired) electrons. The summed E-state index contributed by atoms with van der Waals surface area (Å²) in [5, 5.41) is 0. The molecule has 102 valence electrons. The summed E-state index contributed by atoms with van der Waals surface area (Å²) < 4.78 is 0. The smallest absolute Gasteiger partial charge is 0.159 e. The molecule has 0 amide bonds. The van der Waals surface area contributed by atoms with E-state index in [1.165, 1.54) is 11.1 Å². The second-order valence-corrected chi connectivity index (χ2v) is 4.80. The van der Waals surface area contributed by atoms with Gasteiger partial charge in [-0.1, -0.05) is 42.5 Å². The van der Waals surface area contributed by atoms with E-state index in [2.05, 4.69) is 59.4 Å². The summed E-state index contributed by atoms with van der Waals surface area (Å²) in [6.07, 6.45) is 6.28. The van der Waals surface area contributed by atoms with Crippen LogP contribution in [0.1, 0.15) is 30.8 Å².